The van der Waals surface area contributed by atoms with Gasteiger partial charge in [-0.15, -0.1) is 5.10 Å². The highest BCUT2D eigenvalue weighted by atomic mass is 16.3. The van der Waals surface area contributed by atoms with E-state index < -0.39 is 0 Å². The van der Waals surface area contributed by atoms with Crippen molar-refractivity contribution in [2.75, 3.05) is 5.32 Å². The Labute approximate surface area is 150 Å². The van der Waals surface area contributed by atoms with Crippen LogP contribution in [0.5, 0.6) is 0 Å². The molecule has 132 valence electrons. The van der Waals surface area contributed by atoms with Crippen LogP contribution in [0.25, 0.3) is 27.8 Å². The van der Waals surface area contributed by atoms with Gasteiger partial charge in [-0.2, -0.15) is 0 Å². The van der Waals surface area contributed by atoms with Gasteiger partial charge in [0.1, 0.15) is 5.82 Å². The molecule has 3 aromatic heterocycles. The van der Waals surface area contributed by atoms with Crippen LogP contribution in [0.4, 0.5) is 5.82 Å². The zero-order chi connectivity index (χ0) is 17.5. The molecule has 1 aliphatic rings. The molecule has 5 rings (SSSR count). The Balaban J connectivity index is 1.48. The van der Waals surface area contributed by atoms with Crippen molar-refractivity contribution < 1.29 is 5.11 Å². The number of fused-ring (bicyclic) bond motifs is 2. The van der Waals surface area contributed by atoms with Crippen molar-refractivity contribution in [2.45, 2.75) is 37.8 Å². The van der Waals surface area contributed by atoms with Crippen LogP contribution in [0.1, 0.15) is 25.7 Å². The number of nitrogens with one attached hydrogen (secondary N) is 2. The molecule has 3 heterocycles. The summed E-state index contributed by atoms with van der Waals surface area (Å²) in [4.78, 5) is 7.71. The van der Waals surface area contributed by atoms with Crippen molar-refractivity contribution in [2.24, 2.45) is 0 Å². The number of aliphatic hydroxyl groups excluding tert-OH is 1. The zero-order valence-electron chi connectivity index (χ0n) is 14.4. The van der Waals surface area contributed by atoms with Crippen molar-refractivity contribution in [3.63, 3.8) is 0 Å². The summed E-state index contributed by atoms with van der Waals surface area (Å²) in [6.45, 7) is 0. The van der Waals surface area contributed by atoms with E-state index in [2.05, 4.69) is 39.6 Å². The first-order chi connectivity index (χ1) is 12.8. The molecule has 0 unspecified atom stereocenters. The molecular weight excluding hydrogens is 326 g/mol. The number of hydrogen-bond acceptors (Lipinski definition) is 4. The van der Waals surface area contributed by atoms with Gasteiger partial charge in [0.05, 0.1) is 18.0 Å². The Morgan fingerprint density at radius 1 is 1.08 bits per heavy atom. The molecule has 1 fully saturated rings. The van der Waals surface area contributed by atoms with E-state index in [1.54, 1.807) is 0 Å². The van der Waals surface area contributed by atoms with Gasteiger partial charge >= 0.3 is 0 Å². The number of aromatic nitrogens is 4. The second-order valence-corrected chi connectivity index (χ2v) is 7.06. The Bertz CT molecular complexity index is 1060. The third kappa shape index (κ3) is 2.72. The standard InChI is InChI=1S/C20H21N5O/c26-16-4-2-15(3-5-16)23-19-7-8-20-22-12-18(25(20)24-19)14-1-6-17-13(11-14)9-10-21-17/h1,6-12,15-16,21,26H,2-5H2,(H,23,24)/t15-,16-. The van der Waals surface area contributed by atoms with Crippen LogP contribution in [-0.4, -0.2) is 36.8 Å². The lowest BCUT2D eigenvalue weighted by Gasteiger charge is -2.26. The minimum atomic E-state index is -0.146. The molecule has 1 aromatic carbocycles. The number of nitrogens with zero attached hydrogens (tertiary/aromatic N) is 3. The molecule has 0 bridgehead atoms. The fourth-order valence-electron chi connectivity index (χ4n) is 3.79. The average molecular weight is 347 g/mol. The van der Waals surface area contributed by atoms with Gasteiger partial charge in [0.15, 0.2) is 5.65 Å². The first-order valence-electron chi connectivity index (χ1n) is 9.13. The predicted molar refractivity (Wildman–Crippen MR) is 102 cm³/mol. The van der Waals surface area contributed by atoms with Gasteiger partial charge in [0.2, 0.25) is 0 Å². The molecule has 4 aromatic rings. The molecule has 0 aliphatic heterocycles. The SMILES string of the molecule is O[C@H]1CC[C@H](Nc2ccc3ncc(-c4ccc5[nH]ccc5c4)n3n2)CC1. The number of aromatic amines is 1. The number of hydrogen-bond donors (Lipinski definition) is 3. The fourth-order valence-corrected chi connectivity index (χ4v) is 3.79. The molecule has 0 radical (unpaired) electrons. The number of imidazole rings is 1. The maximum atomic E-state index is 9.67. The molecule has 6 heteroatoms. The van der Waals surface area contributed by atoms with E-state index in [1.807, 2.05) is 29.0 Å². The third-order valence-electron chi connectivity index (χ3n) is 5.26. The van der Waals surface area contributed by atoms with E-state index in [4.69, 9.17) is 5.10 Å². The van der Waals surface area contributed by atoms with Crippen molar-refractivity contribution in [1.29, 1.82) is 0 Å². The first kappa shape index (κ1) is 15.4. The van der Waals surface area contributed by atoms with Gasteiger partial charge in [-0.05, 0) is 56.0 Å². The van der Waals surface area contributed by atoms with Crippen molar-refractivity contribution in [3.8, 4) is 11.3 Å². The van der Waals surface area contributed by atoms with Gasteiger partial charge in [0.25, 0.3) is 0 Å². The number of benzene rings is 1. The molecule has 1 saturated carbocycles. The Kier molecular flexibility index (Phi) is 3.64. The maximum absolute atomic E-state index is 9.67. The molecule has 1 aliphatic carbocycles. The zero-order valence-corrected chi connectivity index (χ0v) is 14.4. The van der Waals surface area contributed by atoms with Crippen LogP contribution in [0.15, 0.2) is 48.8 Å². The summed E-state index contributed by atoms with van der Waals surface area (Å²) in [6.07, 6.45) is 7.33. The van der Waals surface area contributed by atoms with Crippen molar-refractivity contribution in [3.05, 3.63) is 48.8 Å². The van der Waals surface area contributed by atoms with Crippen molar-refractivity contribution in [1.82, 2.24) is 19.6 Å². The quantitative estimate of drug-likeness (QED) is 0.529. The summed E-state index contributed by atoms with van der Waals surface area (Å²) < 4.78 is 1.90. The molecule has 3 N–H and O–H groups in total. The molecular formula is C20H21N5O. The largest absolute Gasteiger partial charge is 0.393 e. The van der Waals surface area contributed by atoms with Gasteiger partial charge < -0.3 is 15.4 Å². The second kappa shape index (κ2) is 6.14. The van der Waals surface area contributed by atoms with E-state index in [1.165, 1.54) is 5.39 Å². The van der Waals surface area contributed by atoms with Gasteiger partial charge in [-0.1, -0.05) is 6.07 Å². The molecule has 0 amide bonds. The van der Waals surface area contributed by atoms with Crippen LogP contribution in [0, 0.1) is 0 Å². The highest BCUT2D eigenvalue weighted by Gasteiger charge is 2.19. The maximum Gasteiger partial charge on any atom is 0.154 e. The number of rotatable bonds is 3. The van der Waals surface area contributed by atoms with Crippen LogP contribution in [0.2, 0.25) is 0 Å². The molecule has 26 heavy (non-hydrogen) atoms. The van der Waals surface area contributed by atoms with E-state index in [0.29, 0.717) is 6.04 Å². The summed E-state index contributed by atoms with van der Waals surface area (Å²) in [5.41, 5.74) is 4.03. The Morgan fingerprint density at radius 3 is 2.85 bits per heavy atom. The Morgan fingerprint density at radius 2 is 1.96 bits per heavy atom. The van der Waals surface area contributed by atoms with Crippen LogP contribution >= 0.6 is 0 Å². The minimum absolute atomic E-state index is 0.146. The topological polar surface area (TPSA) is 78.2 Å². The van der Waals surface area contributed by atoms with E-state index in [-0.39, 0.29) is 6.10 Å². The predicted octanol–water partition coefficient (Wildman–Crippen LogP) is 3.59. The van der Waals surface area contributed by atoms with Crippen LogP contribution < -0.4 is 5.32 Å². The summed E-state index contributed by atoms with van der Waals surface area (Å²) in [5.74, 6) is 0.848. The molecule has 0 spiro atoms. The summed E-state index contributed by atoms with van der Waals surface area (Å²) >= 11 is 0. The first-order valence-corrected chi connectivity index (χ1v) is 9.13. The lowest BCUT2D eigenvalue weighted by Crippen LogP contribution is -2.28. The lowest BCUT2D eigenvalue weighted by molar-refractivity contribution is 0.126. The molecule has 0 atom stereocenters. The van der Waals surface area contributed by atoms with Gasteiger partial charge in [-0.3, -0.25) is 0 Å². The average Bonchev–Trinajstić information content (AvgIpc) is 3.29. The second-order valence-electron chi connectivity index (χ2n) is 7.06. The number of H-pyrrole nitrogens is 1. The highest BCUT2D eigenvalue weighted by Crippen LogP contribution is 2.26. The smallest absolute Gasteiger partial charge is 0.154 e. The van der Waals surface area contributed by atoms with Crippen LogP contribution in [-0.2, 0) is 0 Å². The number of anilines is 1. The lowest BCUT2D eigenvalue weighted by atomic mass is 9.93. The fraction of sp³-hybridized carbons (Fsp3) is 0.300. The van der Waals surface area contributed by atoms with Crippen LogP contribution in [0.3, 0.4) is 0 Å². The van der Waals surface area contributed by atoms with E-state index in [0.717, 1.165) is 53.9 Å². The molecule has 6 nitrogen and oxygen atoms in total. The highest BCUT2D eigenvalue weighted by molar-refractivity contribution is 5.84. The molecule has 0 saturated heterocycles. The van der Waals surface area contributed by atoms with E-state index >= 15 is 0 Å². The van der Waals surface area contributed by atoms with E-state index in [9.17, 15) is 5.11 Å². The third-order valence-corrected chi connectivity index (χ3v) is 5.26. The Hall–Kier alpha value is -2.86. The normalized spacial score (nSPS) is 20.7. The summed E-state index contributed by atoms with van der Waals surface area (Å²) in [5, 5.41) is 19.1. The number of aliphatic hydroxyl groups is 1. The van der Waals surface area contributed by atoms with Gasteiger partial charge in [-0.25, -0.2) is 9.50 Å². The summed E-state index contributed by atoms with van der Waals surface area (Å²) in [7, 11) is 0. The monoisotopic (exact) mass is 347 g/mol. The van der Waals surface area contributed by atoms with Gasteiger partial charge in [0, 0.05) is 28.7 Å². The summed E-state index contributed by atoms with van der Waals surface area (Å²) in [6, 6.07) is 12.7. The minimum Gasteiger partial charge on any atom is -0.393 e. The van der Waals surface area contributed by atoms with Crippen molar-refractivity contribution >= 4 is 22.4 Å².